The Morgan fingerprint density at radius 3 is 2.73 bits per heavy atom. The molecule has 9 heteroatoms. The van der Waals surface area contributed by atoms with Gasteiger partial charge in [-0.25, -0.2) is 4.98 Å². The highest BCUT2D eigenvalue weighted by molar-refractivity contribution is 5.85. The zero-order chi connectivity index (χ0) is 18.7. The molecule has 5 nitrogen and oxygen atoms in total. The van der Waals surface area contributed by atoms with Gasteiger partial charge in [0.2, 0.25) is 11.8 Å². The number of aromatic nitrogens is 1. The van der Waals surface area contributed by atoms with Gasteiger partial charge in [-0.05, 0) is 52.3 Å². The fraction of sp³-hybridized carbons (Fsp3) is 0.647. The molecule has 1 aromatic heterocycles. The highest BCUT2D eigenvalue weighted by Crippen LogP contribution is 2.35. The molecule has 0 spiro atoms. The first kappa shape index (κ1) is 22.5. The molecule has 2 N–H and O–H groups in total. The van der Waals surface area contributed by atoms with E-state index in [2.05, 4.69) is 15.6 Å². The summed E-state index contributed by atoms with van der Waals surface area (Å²) in [5.41, 5.74) is -1.92. The molecule has 2 rings (SSSR count). The topological polar surface area (TPSA) is 63.2 Å². The lowest BCUT2D eigenvalue weighted by Crippen LogP contribution is -2.51. The molecule has 1 amide bonds. The third kappa shape index (κ3) is 6.02. The molecular formula is C17H25ClF3N3O2. The number of pyridine rings is 1. The molecule has 0 bridgehead atoms. The van der Waals surface area contributed by atoms with E-state index in [1.807, 2.05) is 6.92 Å². The first-order chi connectivity index (χ1) is 11.6. The van der Waals surface area contributed by atoms with Crippen molar-refractivity contribution < 1.29 is 22.7 Å². The van der Waals surface area contributed by atoms with E-state index in [1.54, 1.807) is 13.8 Å². The van der Waals surface area contributed by atoms with Crippen molar-refractivity contribution >= 4 is 18.3 Å². The normalized spacial score (nSPS) is 20.8. The quantitative estimate of drug-likeness (QED) is 0.803. The van der Waals surface area contributed by atoms with E-state index in [1.165, 1.54) is 12.3 Å². The van der Waals surface area contributed by atoms with Crippen LogP contribution < -0.4 is 15.4 Å². The zero-order valence-corrected chi connectivity index (χ0v) is 15.8. The third-order valence-corrected chi connectivity index (χ3v) is 4.22. The van der Waals surface area contributed by atoms with Crippen molar-refractivity contribution in [1.29, 1.82) is 0 Å². The van der Waals surface area contributed by atoms with Crippen LogP contribution in [0.4, 0.5) is 13.2 Å². The monoisotopic (exact) mass is 395 g/mol. The van der Waals surface area contributed by atoms with Gasteiger partial charge in [-0.1, -0.05) is 0 Å². The summed E-state index contributed by atoms with van der Waals surface area (Å²) in [6, 6.07) is 2.49. The van der Waals surface area contributed by atoms with Crippen LogP contribution >= 0.6 is 12.4 Å². The van der Waals surface area contributed by atoms with Crippen LogP contribution in [0.2, 0.25) is 0 Å². The fourth-order valence-corrected chi connectivity index (χ4v) is 2.68. The summed E-state index contributed by atoms with van der Waals surface area (Å²) in [5.74, 6) is -0.748. The van der Waals surface area contributed by atoms with E-state index in [4.69, 9.17) is 4.74 Å². The van der Waals surface area contributed by atoms with Gasteiger partial charge < -0.3 is 15.4 Å². The molecule has 1 aromatic rings. The van der Waals surface area contributed by atoms with Crippen LogP contribution in [0.15, 0.2) is 18.3 Å². The maximum Gasteiger partial charge on any atom is 0.421 e. The number of hydrogen-bond acceptors (Lipinski definition) is 4. The molecule has 0 radical (unpaired) electrons. The van der Waals surface area contributed by atoms with Gasteiger partial charge in [0.25, 0.3) is 0 Å². The molecule has 0 saturated carbocycles. The number of nitrogens with one attached hydrogen (secondary N) is 2. The van der Waals surface area contributed by atoms with Gasteiger partial charge in [0, 0.05) is 18.3 Å². The lowest BCUT2D eigenvalue weighted by molar-refractivity contribution is -0.139. The Morgan fingerprint density at radius 2 is 2.12 bits per heavy atom. The summed E-state index contributed by atoms with van der Waals surface area (Å²) in [4.78, 5) is 16.1. The van der Waals surface area contributed by atoms with Crippen LogP contribution in [0.3, 0.4) is 0 Å². The van der Waals surface area contributed by atoms with Crippen LogP contribution in [-0.2, 0) is 11.0 Å². The molecule has 1 saturated heterocycles. The number of alkyl halides is 3. The molecule has 2 atom stereocenters. The Labute approximate surface area is 157 Å². The predicted octanol–water partition coefficient (Wildman–Crippen LogP) is 3.18. The second-order valence-corrected chi connectivity index (χ2v) is 7.08. The molecular weight excluding hydrogens is 371 g/mol. The maximum atomic E-state index is 13.0. The van der Waals surface area contributed by atoms with Crippen molar-refractivity contribution in [3.8, 4) is 5.88 Å². The summed E-state index contributed by atoms with van der Waals surface area (Å²) >= 11 is 0. The third-order valence-electron chi connectivity index (χ3n) is 4.22. The molecule has 1 aliphatic heterocycles. The number of piperidine rings is 1. The summed E-state index contributed by atoms with van der Waals surface area (Å²) in [6.07, 6.45) is -1.68. The molecule has 2 heterocycles. The van der Waals surface area contributed by atoms with Gasteiger partial charge in [-0.15, -0.1) is 12.4 Å². The Kier molecular flexibility index (Phi) is 7.70. The van der Waals surface area contributed by atoms with E-state index in [9.17, 15) is 18.0 Å². The van der Waals surface area contributed by atoms with Gasteiger partial charge in [0.15, 0.2) is 0 Å². The van der Waals surface area contributed by atoms with Crippen LogP contribution in [0.25, 0.3) is 0 Å². The molecule has 0 aliphatic carbocycles. The van der Waals surface area contributed by atoms with Gasteiger partial charge >= 0.3 is 6.18 Å². The van der Waals surface area contributed by atoms with Gasteiger partial charge in [0.1, 0.15) is 12.2 Å². The highest BCUT2D eigenvalue weighted by atomic mass is 35.5. The second kappa shape index (κ2) is 8.90. The van der Waals surface area contributed by atoms with Gasteiger partial charge in [-0.2, -0.15) is 13.2 Å². The molecule has 148 valence electrons. The minimum absolute atomic E-state index is 0. The molecule has 1 fully saturated rings. The molecule has 1 aliphatic rings. The number of hydrogen-bond donors (Lipinski definition) is 2. The number of rotatable bonds is 5. The first-order valence-corrected chi connectivity index (χ1v) is 8.29. The minimum atomic E-state index is -4.55. The summed E-state index contributed by atoms with van der Waals surface area (Å²) < 4.78 is 44.2. The Morgan fingerprint density at radius 1 is 1.42 bits per heavy atom. The minimum Gasteiger partial charge on any atom is -0.476 e. The first-order valence-electron chi connectivity index (χ1n) is 8.29. The molecule has 0 aromatic carbocycles. The number of amides is 1. The van der Waals surface area contributed by atoms with Crippen molar-refractivity contribution in [2.75, 3.05) is 13.2 Å². The largest absolute Gasteiger partial charge is 0.476 e. The second-order valence-electron chi connectivity index (χ2n) is 7.08. The molecule has 0 unspecified atom stereocenters. The summed E-state index contributed by atoms with van der Waals surface area (Å²) in [7, 11) is 0. The average Bonchev–Trinajstić information content (AvgIpc) is 2.52. The van der Waals surface area contributed by atoms with E-state index < -0.39 is 23.0 Å². The van der Waals surface area contributed by atoms with Crippen LogP contribution in [0, 0.1) is 5.41 Å². The standard InChI is InChI=1S/C17H24F3N3O2.ClH/c1-11-9-12(6-8-21-11)23-15(24)16(2,3)10-25-14-13(17(18,19)20)5-4-7-22-14;/h4-5,7,11-12,21H,6,8-10H2,1-3H3,(H,23,24);1H/t11-,12+;/m1./s1. The lowest BCUT2D eigenvalue weighted by atomic mass is 9.91. The van der Waals surface area contributed by atoms with Gasteiger partial charge in [-0.3, -0.25) is 4.79 Å². The fourth-order valence-electron chi connectivity index (χ4n) is 2.68. The van der Waals surface area contributed by atoms with Crippen molar-refractivity contribution in [3.63, 3.8) is 0 Å². The highest BCUT2D eigenvalue weighted by Gasteiger charge is 2.37. The van der Waals surface area contributed by atoms with E-state index in [0.717, 1.165) is 25.5 Å². The Bertz CT molecular complexity index is 611. The summed E-state index contributed by atoms with van der Waals surface area (Å²) in [6.45, 7) is 5.96. The maximum absolute atomic E-state index is 13.0. The van der Waals surface area contributed by atoms with Crippen LogP contribution in [-0.4, -0.2) is 36.1 Å². The molecule has 26 heavy (non-hydrogen) atoms. The number of carbonyl (C=O) groups excluding carboxylic acids is 1. The van der Waals surface area contributed by atoms with Crippen molar-refractivity contribution in [3.05, 3.63) is 23.9 Å². The van der Waals surface area contributed by atoms with E-state index >= 15 is 0 Å². The zero-order valence-electron chi connectivity index (χ0n) is 15.0. The summed E-state index contributed by atoms with van der Waals surface area (Å²) in [5, 5.41) is 6.27. The Hall–Kier alpha value is -1.54. The van der Waals surface area contributed by atoms with Gasteiger partial charge in [0.05, 0.1) is 5.41 Å². The smallest absolute Gasteiger partial charge is 0.421 e. The number of carbonyl (C=O) groups is 1. The average molecular weight is 396 g/mol. The predicted molar refractivity (Wildman–Crippen MR) is 94.4 cm³/mol. The number of nitrogens with zero attached hydrogens (tertiary/aromatic N) is 1. The van der Waals surface area contributed by atoms with Crippen LogP contribution in [0.5, 0.6) is 5.88 Å². The lowest BCUT2D eigenvalue weighted by Gasteiger charge is -2.32. The van der Waals surface area contributed by atoms with Crippen molar-refractivity contribution in [2.45, 2.75) is 51.9 Å². The van der Waals surface area contributed by atoms with Crippen molar-refractivity contribution in [1.82, 2.24) is 15.6 Å². The van der Waals surface area contributed by atoms with Crippen molar-refractivity contribution in [2.24, 2.45) is 5.41 Å². The number of halogens is 4. The SMILES string of the molecule is C[C@@H]1C[C@@H](NC(=O)C(C)(C)COc2ncccc2C(F)(F)F)CCN1.Cl. The number of ether oxygens (including phenoxy) is 1. The Balaban J connectivity index is 0.00000338. The van der Waals surface area contributed by atoms with Crippen LogP contribution in [0.1, 0.15) is 39.2 Å². The van der Waals surface area contributed by atoms with E-state index in [-0.39, 0.29) is 31.0 Å². The van der Waals surface area contributed by atoms with E-state index in [0.29, 0.717) is 6.04 Å².